The molecule has 3 N–H and O–H groups in total. The fraction of sp³-hybridized carbons (Fsp3) is 0.275. The van der Waals surface area contributed by atoms with Gasteiger partial charge in [0.2, 0.25) is 0 Å². The molecule has 1 aromatic heterocycles. The molecule has 2 atom stereocenters. The first-order valence-corrected chi connectivity index (χ1v) is 17.9. The van der Waals surface area contributed by atoms with Crippen molar-refractivity contribution in [1.82, 2.24) is 15.2 Å². The minimum Gasteiger partial charge on any atom is -0.485 e. The number of alkyl carbamates (subject to hydrolysis) is 1. The highest BCUT2D eigenvalue weighted by Crippen LogP contribution is 2.48. The van der Waals surface area contributed by atoms with Gasteiger partial charge in [-0.25, -0.2) is 14.4 Å². The number of fused-ring (bicyclic) bond motifs is 2. The molecule has 1 saturated heterocycles. The smallest absolute Gasteiger partial charge is 0.485 e. The first-order chi connectivity index (χ1) is 26.4. The number of carbonyl (C=O) groups excluding carboxylic acids is 3. The molecular weight excluding hydrogens is 741 g/mol. The summed E-state index contributed by atoms with van der Waals surface area (Å²) in [5.74, 6) is -0.716. The fourth-order valence-electron chi connectivity index (χ4n) is 6.91. The molecule has 7 rings (SSSR count). The number of carbonyl (C=O) groups is 3. The van der Waals surface area contributed by atoms with Gasteiger partial charge in [0.15, 0.2) is 0 Å². The van der Waals surface area contributed by atoms with E-state index in [0.29, 0.717) is 34.9 Å². The molecule has 5 aromatic rings. The van der Waals surface area contributed by atoms with Gasteiger partial charge in [-0.15, -0.1) is 13.2 Å². The van der Waals surface area contributed by atoms with E-state index in [4.69, 9.17) is 25.8 Å². The van der Waals surface area contributed by atoms with Gasteiger partial charge >= 0.3 is 24.5 Å². The van der Waals surface area contributed by atoms with E-state index in [1.165, 1.54) is 12.1 Å². The Labute approximate surface area is 318 Å². The van der Waals surface area contributed by atoms with Crippen LogP contribution in [0.15, 0.2) is 103 Å². The van der Waals surface area contributed by atoms with Gasteiger partial charge in [-0.2, -0.15) is 0 Å². The number of aromatic amines is 1. The third-order valence-corrected chi connectivity index (χ3v) is 9.97. The van der Waals surface area contributed by atoms with Crippen LogP contribution in [0.3, 0.4) is 0 Å². The Kier molecular flexibility index (Phi) is 10.8. The molecule has 3 amide bonds. The lowest BCUT2D eigenvalue weighted by Gasteiger charge is -2.46. The molecule has 55 heavy (non-hydrogen) atoms. The minimum absolute atomic E-state index is 0.00806. The highest BCUT2D eigenvalue weighted by atomic mass is 35.5. The first kappa shape index (κ1) is 37.4. The van der Waals surface area contributed by atoms with Crippen LogP contribution in [0.5, 0.6) is 11.5 Å². The number of H-pyrrole nitrogens is 1. The Morgan fingerprint density at radius 3 is 2.42 bits per heavy atom. The van der Waals surface area contributed by atoms with Crippen LogP contribution < -0.4 is 20.1 Å². The number of halogens is 4. The summed E-state index contributed by atoms with van der Waals surface area (Å²) in [5, 5.41) is 6.64. The summed E-state index contributed by atoms with van der Waals surface area (Å²) in [6.45, 7) is 0.535. The number of para-hydroxylation sites is 2. The molecule has 0 radical (unpaired) electrons. The molecule has 4 aromatic carbocycles. The predicted molar refractivity (Wildman–Crippen MR) is 197 cm³/mol. The third-order valence-electron chi connectivity index (χ3n) is 9.67. The number of amides is 3. The maximum absolute atomic E-state index is 14.2. The van der Waals surface area contributed by atoms with E-state index in [1.807, 2.05) is 54.6 Å². The van der Waals surface area contributed by atoms with Crippen LogP contribution in [0.2, 0.25) is 5.02 Å². The monoisotopic (exact) mass is 776 g/mol. The summed E-state index contributed by atoms with van der Waals surface area (Å²) in [6.07, 6.45) is -3.54. The normalized spacial score (nSPS) is 16.7. The second-order valence-corrected chi connectivity index (χ2v) is 13.8. The van der Waals surface area contributed by atoms with Crippen LogP contribution in [0.4, 0.5) is 28.4 Å². The maximum Gasteiger partial charge on any atom is 0.573 e. The summed E-state index contributed by atoms with van der Waals surface area (Å²) >= 11 is 6.64. The second-order valence-electron chi connectivity index (χ2n) is 13.4. The molecule has 1 fully saturated rings. The van der Waals surface area contributed by atoms with Gasteiger partial charge in [-0.05, 0) is 47.5 Å². The van der Waals surface area contributed by atoms with E-state index in [0.717, 1.165) is 34.2 Å². The Hall–Kier alpha value is -5.89. The molecule has 15 heteroatoms. The van der Waals surface area contributed by atoms with Crippen molar-refractivity contribution in [3.63, 3.8) is 0 Å². The topological polar surface area (TPSA) is 131 Å². The lowest BCUT2D eigenvalue weighted by molar-refractivity contribution is -0.274. The number of likely N-dealkylation sites (tertiary alicyclic amines) is 1. The van der Waals surface area contributed by atoms with Gasteiger partial charge < -0.3 is 39.5 Å². The number of rotatable bonds is 9. The van der Waals surface area contributed by atoms with Crippen molar-refractivity contribution in [2.75, 3.05) is 18.4 Å². The standard InChI is InChI=1S/C40H36ClF3N4O7/c41-31-11-6-10-30-34(22-39(55-35(30)31)17-19-48(20-18-39)37(50)46-27-13-15-28(16-14-27)54-40(42,43)44)53-36(49)33(21-26-23-45-32-12-5-4-9-29(26)32)47-38(51)52-24-25-7-2-1-3-8-25/h1-16,23,33-34,45H,17-22,24H2,(H,46,50)(H,47,51)/t33-,34-/m0/s1. The summed E-state index contributed by atoms with van der Waals surface area (Å²) in [7, 11) is 0. The van der Waals surface area contributed by atoms with Gasteiger partial charge in [0.25, 0.3) is 0 Å². The van der Waals surface area contributed by atoms with Crippen molar-refractivity contribution in [2.24, 2.45) is 0 Å². The average Bonchev–Trinajstić information content (AvgIpc) is 3.57. The Morgan fingerprint density at radius 1 is 0.945 bits per heavy atom. The number of nitrogens with zero attached hydrogens (tertiary/aromatic N) is 1. The van der Waals surface area contributed by atoms with E-state index in [2.05, 4.69) is 20.4 Å². The number of aromatic nitrogens is 1. The van der Waals surface area contributed by atoms with E-state index in [1.54, 1.807) is 29.3 Å². The summed E-state index contributed by atoms with van der Waals surface area (Å²) in [5.41, 5.74) is 2.46. The van der Waals surface area contributed by atoms with Crippen molar-refractivity contribution in [2.45, 2.75) is 56.4 Å². The van der Waals surface area contributed by atoms with E-state index in [9.17, 15) is 27.6 Å². The summed E-state index contributed by atoms with van der Waals surface area (Å²) in [4.78, 5) is 45.2. The van der Waals surface area contributed by atoms with Crippen LogP contribution in [-0.2, 0) is 27.3 Å². The van der Waals surface area contributed by atoms with Crippen LogP contribution >= 0.6 is 11.6 Å². The van der Waals surface area contributed by atoms with Crippen molar-refractivity contribution >= 4 is 46.3 Å². The van der Waals surface area contributed by atoms with Crippen LogP contribution in [-0.4, -0.2) is 59.1 Å². The predicted octanol–water partition coefficient (Wildman–Crippen LogP) is 8.69. The zero-order valence-electron chi connectivity index (χ0n) is 29.2. The zero-order valence-corrected chi connectivity index (χ0v) is 30.0. The summed E-state index contributed by atoms with van der Waals surface area (Å²) < 4.78 is 59.8. The number of esters is 1. The van der Waals surface area contributed by atoms with Gasteiger partial charge in [-0.3, -0.25) is 0 Å². The number of hydrogen-bond acceptors (Lipinski definition) is 7. The zero-order chi connectivity index (χ0) is 38.6. The number of anilines is 1. The number of hydrogen-bond donors (Lipinski definition) is 3. The van der Waals surface area contributed by atoms with Crippen molar-refractivity contribution in [1.29, 1.82) is 0 Å². The van der Waals surface area contributed by atoms with Gasteiger partial charge in [0.1, 0.15) is 35.9 Å². The lowest BCUT2D eigenvalue weighted by Crippen LogP contribution is -2.53. The number of urea groups is 1. The SMILES string of the molecule is O=C(N[C@@H](Cc1c[nH]c2ccccc12)C(=O)O[C@H]1CC2(CCN(C(=O)Nc3ccc(OC(F)(F)F)cc3)CC2)Oc2c(Cl)cccc21)OCc1ccccc1. The van der Waals surface area contributed by atoms with Gasteiger partial charge in [-0.1, -0.05) is 72.3 Å². The molecule has 0 bridgehead atoms. The van der Waals surface area contributed by atoms with E-state index >= 15 is 0 Å². The molecular formula is C40H36ClF3N4O7. The first-order valence-electron chi connectivity index (χ1n) is 17.6. The number of piperidine rings is 1. The Bertz CT molecular complexity index is 2160. The van der Waals surface area contributed by atoms with E-state index < -0.39 is 48.0 Å². The molecule has 2 aliphatic heterocycles. The quantitative estimate of drug-likeness (QED) is 0.128. The molecule has 286 valence electrons. The van der Waals surface area contributed by atoms with Crippen molar-refractivity contribution < 1.29 is 46.5 Å². The molecule has 2 aliphatic rings. The largest absolute Gasteiger partial charge is 0.573 e. The van der Waals surface area contributed by atoms with Gasteiger partial charge in [0, 0.05) is 67.1 Å². The average molecular weight is 777 g/mol. The molecule has 0 unspecified atom stereocenters. The van der Waals surface area contributed by atoms with Crippen LogP contribution in [0, 0.1) is 0 Å². The number of nitrogens with one attached hydrogen (secondary N) is 3. The second kappa shape index (κ2) is 15.8. The number of benzene rings is 4. The lowest BCUT2D eigenvalue weighted by atomic mass is 9.81. The van der Waals surface area contributed by atoms with E-state index in [-0.39, 0.29) is 32.5 Å². The molecule has 0 saturated carbocycles. The van der Waals surface area contributed by atoms with Crippen LogP contribution in [0.1, 0.15) is 42.1 Å². The molecule has 0 aliphatic carbocycles. The minimum atomic E-state index is -4.83. The van der Waals surface area contributed by atoms with Gasteiger partial charge in [0.05, 0.1) is 5.02 Å². The van der Waals surface area contributed by atoms with Crippen LogP contribution in [0.25, 0.3) is 10.9 Å². The Morgan fingerprint density at radius 2 is 1.67 bits per heavy atom. The summed E-state index contributed by atoms with van der Waals surface area (Å²) in [6, 6.07) is 25.3. The molecule has 1 spiro atoms. The highest BCUT2D eigenvalue weighted by Gasteiger charge is 2.46. The highest BCUT2D eigenvalue weighted by molar-refractivity contribution is 6.32. The third kappa shape index (κ3) is 9.08. The Balaban J connectivity index is 1.05. The molecule has 3 heterocycles. The number of ether oxygens (including phenoxy) is 4. The maximum atomic E-state index is 14.2. The number of alkyl halides is 3. The fourth-order valence-corrected chi connectivity index (χ4v) is 7.13. The van der Waals surface area contributed by atoms with Crippen molar-refractivity contribution in [3.8, 4) is 11.5 Å². The molecule has 11 nitrogen and oxygen atoms in total. The van der Waals surface area contributed by atoms with Crippen molar-refractivity contribution in [3.05, 3.63) is 125 Å².